The van der Waals surface area contributed by atoms with Crippen molar-refractivity contribution in [2.45, 2.75) is 57.9 Å². The Bertz CT molecular complexity index is 658. The highest BCUT2D eigenvalue weighted by molar-refractivity contribution is 5.76. The Morgan fingerprint density at radius 1 is 1.22 bits per heavy atom. The van der Waals surface area contributed by atoms with Crippen LogP contribution < -0.4 is 5.32 Å². The van der Waals surface area contributed by atoms with Gasteiger partial charge >= 0.3 is 11.9 Å². The van der Waals surface area contributed by atoms with Gasteiger partial charge in [-0.15, -0.1) is 10.2 Å². The molecule has 0 unspecified atom stereocenters. The summed E-state index contributed by atoms with van der Waals surface area (Å²) >= 11 is 0. The molecule has 1 aliphatic carbocycles. The highest BCUT2D eigenvalue weighted by Crippen LogP contribution is 2.40. The maximum atomic E-state index is 12.4. The van der Waals surface area contributed by atoms with Crippen molar-refractivity contribution in [2.24, 2.45) is 17.8 Å². The van der Waals surface area contributed by atoms with Gasteiger partial charge in [0.25, 0.3) is 0 Å². The molecule has 3 rings (SSSR count). The van der Waals surface area contributed by atoms with Crippen LogP contribution in [0.1, 0.15) is 52.6 Å². The summed E-state index contributed by atoms with van der Waals surface area (Å²) in [5.41, 5.74) is 0. The molecule has 1 aromatic rings. The number of hydrogen-bond acceptors (Lipinski definition) is 8. The number of carbonyl (C=O) groups excluding carboxylic acids is 2. The van der Waals surface area contributed by atoms with E-state index in [1.54, 1.807) is 0 Å². The summed E-state index contributed by atoms with van der Waals surface area (Å²) in [4.78, 5) is 23.2. The predicted octanol–water partition coefficient (Wildman–Crippen LogP) is 1.02. The fraction of sp³-hybridized carbons (Fsp3) is 0.833. The van der Waals surface area contributed by atoms with Gasteiger partial charge in [-0.05, 0) is 50.0 Å². The molecule has 0 spiro atoms. The number of nitrogens with one attached hydrogen (secondary N) is 2. The number of tetrazole rings is 1. The van der Waals surface area contributed by atoms with Crippen LogP contribution in [0.2, 0.25) is 0 Å². The van der Waals surface area contributed by atoms with Crippen LogP contribution in [0, 0.1) is 17.8 Å². The molecule has 27 heavy (non-hydrogen) atoms. The van der Waals surface area contributed by atoms with Gasteiger partial charge in [0.05, 0.1) is 14.6 Å². The molecule has 2 fully saturated rings. The normalized spacial score (nSPS) is 30.9. The Kier molecular flexibility index (Phi) is 6.64. The van der Waals surface area contributed by atoms with Crippen molar-refractivity contribution in [3.05, 3.63) is 5.82 Å². The molecule has 150 valence electrons. The zero-order valence-electron chi connectivity index (χ0n) is 16.8. The number of nitrogens with zero attached hydrogens (tertiary/aromatic N) is 3. The minimum absolute atomic E-state index is 0.149. The molecular formula is C18H29N5O4. The van der Waals surface area contributed by atoms with Crippen LogP contribution in [0.4, 0.5) is 0 Å². The van der Waals surface area contributed by atoms with Crippen LogP contribution in [0.5, 0.6) is 0 Å². The third-order valence-electron chi connectivity index (χ3n) is 5.53. The summed E-state index contributed by atoms with van der Waals surface area (Å²) in [5.74, 6) is 1.26. The van der Waals surface area contributed by atoms with Gasteiger partial charge in [-0.1, -0.05) is 11.6 Å². The summed E-state index contributed by atoms with van der Waals surface area (Å²) < 4.78 is 18.7. The second kappa shape index (κ2) is 9.77. The molecule has 0 aromatic carbocycles. The minimum atomic E-state index is -1.39. The standard InChI is InChI=1S/C18H29N5O4/c1-12(24)26-7-2-8-27-18(25)16-10-15-9-13(3-5-14(15)11-19-16)4-6-17-20-22-23-21-17/h13-16,19H,2-11H2,1H3,(H,20,21,22,23)/t13-,14+,15-,16+/m1/s1/i16D. The number of aromatic amines is 1. The summed E-state index contributed by atoms with van der Waals surface area (Å²) in [6.07, 6.45) is 6.00. The van der Waals surface area contributed by atoms with E-state index in [0.29, 0.717) is 37.1 Å². The molecule has 9 nitrogen and oxygen atoms in total. The second-order valence-electron chi connectivity index (χ2n) is 7.46. The summed E-state index contributed by atoms with van der Waals surface area (Å²) in [5, 5.41) is 17.2. The molecule has 1 saturated heterocycles. The van der Waals surface area contributed by atoms with E-state index >= 15 is 0 Å². The quantitative estimate of drug-likeness (QED) is 0.507. The number of esters is 2. The lowest BCUT2D eigenvalue weighted by molar-refractivity contribution is -0.148. The molecule has 4 atom stereocenters. The van der Waals surface area contributed by atoms with Crippen molar-refractivity contribution in [1.82, 2.24) is 25.9 Å². The van der Waals surface area contributed by atoms with Crippen LogP contribution in [-0.4, -0.2) is 58.3 Å². The van der Waals surface area contributed by atoms with E-state index in [0.717, 1.165) is 37.9 Å². The number of fused-ring (bicyclic) bond motifs is 1. The average Bonchev–Trinajstić information content (AvgIpc) is 3.19. The lowest BCUT2D eigenvalue weighted by Gasteiger charge is -2.42. The third-order valence-corrected chi connectivity index (χ3v) is 5.53. The highest BCUT2D eigenvalue weighted by atomic mass is 16.5. The molecule has 0 amide bonds. The molecule has 1 saturated carbocycles. The van der Waals surface area contributed by atoms with Crippen LogP contribution in [0.25, 0.3) is 0 Å². The topological polar surface area (TPSA) is 119 Å². The van der Waals surface area contributed by atoms with Crippen molar-refractivity contribution < 1.29 is 20.4 Å². The number of carbonyl (C=O) groups is 2. The number of hydrogen-bond donors (Lipinski definition) is 2. The molecule has 1 aliphatic heterocycles. The third kappa shape index (κ3) is 5.98. The van der Waals surface area contributed by atoms with Gasteiger partial charge in [0.15, 0.2) is 5.82 Å². The van der Waals surface area contributed by atoms with Crippen LogP contribution in [-0.2, 0) is 25.5 Å². The maximum absolute atomic E-state index is 12.4. The Morgan fingerprint density at radius 2 is 2.07 bits per heavy atom. The van der Waals surface area contributed by atoms with Crippen molar-refractivity contribution in [3.8, 4) is 0 Å². The summed E-state index contributed by atoms with van der Waals surface area (Å²) in [6, 6.07) is -1.39. The van der Waals surface area contributed by atoms with Gasteiger partial charge in [-0.2, -0.15) is 5.21 Å². The van der Waals surface area contributed by atoms with Crippen molar-refractivity contribution in [3.63, 3.8) is 0 Å². The lowest BCUT2D eigenvalue weighted by atomic mass is 9.69. The summed E-state index contributed by atoms with van der Waals surface area (Å²) in [6.45, 7) is 2.38. The fourth-order valence-corrected chi connectivity index (χ4v) is 4.10. The lowest BCUT2D eigenvalue weighted by Crippen LogP contribution is -2.50. The predicted molar refractivity (Wildman–Crippen MR) is 95.4 cm³/mol. The first-order chi connectivity index (χ1) is 13.5. The van der Waals surface area contributed by atoms with Gasteiger partial charge in [0.1, 0.15) is 6.02 Å². The van der Waals surface area contributed by atoms with Crippen LogP contribution in [0.3, 0.4) is 0 Å². The van der Waals surface area contributed by atoms with Gasteiger partial charge in [-0.25, -0.2) is 0 Å². The molecule has 0 bridgehead atoms. The van der Waals surface area contributed by atoms with E-state index in [4.69, 9.17) is 10.8 Å². The number of aryl methyl sites for hydroxylation is 1. The smallest absolute Gasteiger partial charge is 0.323 e. The average molecular weight is 380 g/mol. The molecule has 1 aromatic heterocycles. The number of rotatable bonds is 8. The first-order valence-electron chi connectivity index (χ1n) is 10.2. The molecule has 2 aliphatic rings. The minimum Gasteiger partial charge on any atom is -0.466 e. The van der Waals surface area contributed by atoms with Crippen molar-refractivity contribution in [2.75, 3.05) is 19.8 Å². The maximum Gasteiger partial charge on any atom is 0.323 e. The van der Waals surface area contributed by atoms with Crippen LogP contribution >= 0.6 is 0 Å². The zero-order chi connectivity index (χ0) is 20.0. The van der Waals surface area contributed by atoms with Crippen molar-refractivity contribution >= 4 is 11.9 Å². The Hall–Kier alpha value is -2.03. The Labute approximate surface area is 160 Å². The zero-order valence-corrected chi connectivity index (χ0v) is 15.8. The Morgan fingerprint density at radius 3 is 2.85 bits per heavy atom. The molecule has 2 N–H and O–H groups in total. The molecule has 0 radical (unpaired) electrons. The molecule has 9 heteroatoms. The van der Waals surface area contributed by atoms with E-state index in [1.807, 2.05) is 0 Å². The largest absolute Gasteiger partial charge is 0.466 e. The SMILES string of the molecule is [2H][C@@]1(C(=O)OCCCOC(C)=O)C[C@H]2C[C@@H](CCc3nn[nH]n3)CC[C@H]2CN1. The van der Waals surface area contributed by atoms with Crippen molar-refractivity contribution in [1.29, 1.82) is 0 Å². The van der Waals surface area contributed by atoms with Gasteiger partial charge in [-0.3, -0.25) is 9.59 Å². The highest BCUT2D eigenvalue weighted by Gasteiger charge is 2.38. The van der Waals surface area contributed by atoms with E-state index < -0.39 is 12.0 Å². The number of piperidine rings is 1. The van der Waals surface area contributed by atoms with Crippen LogP contribution in [0.15, 0.2) is 0 Å². The second-order valence-corrected chi connectivity index (χ2v) is 7.46. The first-order valence-corrected chi connectivity index (χ1v) is 9.74. The van der Waals surface area contributed by atoms with Gasteiger partial charge < -0.3 is 14.8 Å². The summed E-state index contributed by atoms with van der Waals surface area (Å²) in [7, 11) is 0. The number of aromatic nitrogens is 4. The van der Waals surface area contributed by atoms with Gasteiger partial charge in [0, 0.05) is 19.8 Å². The van der Waals surface area contributed by atoms with E-state index in [9.17, 15) is 9.59 Å². The fourth-order valence-electron chi connectivity index (χ4n) is 4.10. The van der Waals surface area contributed by atoms with E-state index in [-0.39, 0.29) is 19.2 Å². The first kappa shape index (κ1) is 18.3. The van der Waals surface area contributed by atoms with E-state index in [2.05, 4.69) is 25.9 Å². The number of ether oxygens (including phenoxy) is 2. The Balaban J connectivity index is 1.44. The monoisotopic (exact) mass is 380 g/mol. The molecule has 2 heterocycles. The van der Waals surface area contributed by atoms with Gasteiger partial charge in [0.2, 0.25) is 0 Å². The van der Waals surface area contributed by atoms with E-state index in [1.165, 1.54) is 6.92 Å². The number of H-pyrrole nitrogens is 1. The molecular weight excluding hydrogens is 350 g/mol.